The standard InChI is InChI=1S/C8H7NO2/c10-8(11)4-3-7-2-1-5-9-6-7/h1-6H,(H,10,11)/p-1. The first-order valence-electron chi connectivity index (χ1n) is 3.08. The van der Waals surface area contributed by atoms with Gasteiger partial charge in [-0.25, -0.2) is 0 Å². The van der Waals surface area contributed by atoms with Gasteiger partial charge in [0.1, 0.15) is 0 Å². The molecule has 0 aliphatic heterocycles. The number of hydrogen-bond acceptors (Lipinski definition) is 3. The minimum atomic E-state index is -1.20. The molecule has 0 amide bonds. The van der Waals surface area contributed by atoms with Crippen molar-refractivity contribution in [2.45, 2.75) is 0 Å². The summed E-state index contributed by atoms with van der Waals surface area (Å²) in [5.74, 6) is -1.20. The second-order valence-electron chi connectivity index (χ2n) is 1.94. The maximum Gasteiger partial charge on any atom is 0.0643 e. The smallest absolute Gasteiger partial charge is 0.0643 e. The average Bonchev–Trinajstić information content (AvgIpc) is 2.03. The fraction of sp³-hybridized carbons (Fsp3) is 0. The van der Waals surface area contributed by atoms with Crippen molar-refractivity contribution in [3.8, 4) is 0 Å². The molecule has 1 aromatic rings. The van der Waals surface area contributed by atoms with E-state index in [1.165, 1.54) is 6.08 Å². The van der Waals surface area contributed by atoms with Crippen LogP contribution in [0.3, 0.4) is 0 Å². The highest BCUT2D eigenvalue weighted by atomic mass is 16.4. The molecule has 0 N–H and O–H groups in total. The van der Waals surface area contributed by atoms with Gasteiger partial charge in [-0.05, 0) is 17.7 Å². The van der Waals surface area contributed by atoms with Crippen molar-refractivity contribution < 1.29 is 9.90 Å². The maximum absolute atomic E-state index is 9.95. The van der Waals surface area contributed by atoms with Crippen LogP contribution in [0.5, 0.6) is 0 Å². The number of nitrogens with zero attached hydrogens (tertiary/aromatic N) is 1. The second-order valence-corrected chi connectivity index (χ2v) is 1.94. The summed E-state index contributed by atoms with van der Waals surface area (Å²) in [6.45, 7) is 0. The molecule has 0 aromatic carbocycles. The van der Waals surface area contributed by atoms with E-state index in [0.29, 0.717) is 0 Å². The predicted molar refractivity (Wildman–Crippen MR) is 38.3 cm³/mol. The molecule has 0 bridgehead atoms. The lowest BCUT2D eigenvalue weighted by Crippen LogP contribution is -2.18. The van der Waals surface area contributed by atoms with E-state index in [-0.39, 0.29) is 0 Å². The van der Waals surface area contributed by atoms with Gasteiger partial charge in [0.2, 0.25) is 0 Å². The minimum absolute atomic E-state index is 0.747. The van der Waals surface area contributed by atoms with Gasteiger partial charge in [0.25, 0.3) is 0 Å². The number of pyridine rings is 1. The van der Waals surface area contributed by atoms with E-state index in [2.05, 4.69) is 4.98 Å². The molecule has 0 aliphatic rings. The Hall–Kier alpha value is -1.64. The summed E-state index contributed by atoms with van der Waals surface area (Å²) in [6.07, 6.45) is 5.59. The Labute approximate surface area is 64.0 Å². The van der Waals surface area contributed by atoms with Crippen molar-refractivity contribution in [2.24, 2.45) is 0 Å². The third-order valence-electron chi connectivity index (χ3n) is 1.10. The zero-order valence-electron chi connectivity index (χ0n) is 5.73. The molecule has 0 fully saturated rings. The third kappa shape index (κ3) is 2.62. The van der Waals surface area contributed by atoms with Crippen LogP contribution in [0.4, 0.5) is 0 Å². The lowest BCUT2D eigenvalue weighted by Gasteiger charge is -1.91. The van der Waals surface area contributed by atoms with Gasteiger partial charge in [0, 0.05) is 12.4 Å². The molecule has 0 saturated heterocycles. The second kappa shape index (κ2) is 3.51. The van der Waals surface area contributed by atoms with Gasteiger partial charge < -0.3 is 9.90 Å². The number of carboxylic acids is 1. The first-order valence-corrected chi connectivity index (χ1v) is 3.08. The van der Waals surface area contributed by atoms with Crippen LogP contribution in [0.2, 0.25) is 0 Å². The Kier molecular flexibility index (Phi) is 2.38. The summed E-state index contributed by atoms with van der Waals surface area (Å²) in [4.78, 5) is 13.8. The summed E-state index contributed by atoms with van der Waals surface area (Å²) < 4.78 is 0. The van der Waals surface area contributed by atoms with Crippen LogP contribution in [-0.2, 0) is 4.79 Å². The number of aromatic nitrogens is 1. The number of carboxylic acid groups (broad SMARTS) is 1. The largest absolute Gasteiger partial charge is 0.545 e. The van der Waals surface area contributed by atoms with Crippen molar-refractivity contribution >= 4 is 12.0 Å². The van der Waals surface area contributed by atoms with Gasteiger partial charge in [-0.3, -0.25) is 4.98 Å². The average molecular weight is 148 g/mol. The van der Waals surface area contributed by atoms with E-state index >= 15 is 0 Å². The fourth-order valence-electron chi connectivity index (χ4n) is 0.639. The summed E-state index contributed by atoms with van der Waals surface area (Å²) in [5.41, 5.74) is 0.747. The van der Waals surface area contributed by atoms with E-state index in [4.69, 9.17) is 0 Å². The Bertz CT molecular complexity index is 267. The summed E-state index contributed by atoms with van der Waals surface area (Å²) in [5, 5.41) is 9.95. The van der Waals surface area contributed by atoms with Crippen LogP contribution in [-0.4, -0.2) is 11.0 Å². The quantitative estimate of drug-likeness (QED) is 0.548. The Morgan fingerprint density at radius 1 is 1.64 bits per heavy atom. The minimum Gasteiger partial charge on any atom is -0.545 e. The van der Waals surface area contributed by atoms with Crippen molar-refractivity contribution in [3.05, 3.63) is 36.2 Å². The van der Waals surface area contributed by atoms with E-state index in [9.17, 15) is 9.90 Å². The van der Waals surface area contributed by atoms with Crippen LogP contribution in [0.1, 0.15) is 5.56 Å². The number of carbonyl (C=O) groups is 1. The van der Waals surface area contributed by atoms with E-state index < -0.39 is 5.97 Å². The molecule has 1 aromatic heterocycles. The Morgan fingerprint density at radius 3 is 3.00 bits per heavy atom. The summed E-state index contributed by atoms with van der Waals surface area (Å²) >= 11 is 0. The van der Waals surface area contributed by atoms with E-state index in [1.54, 1.807) is 24.5 Å². The Balaban J connectivity index is 2.72. The van der Waals surface area contributed by atoms with Gasteiger partial charge in [-0.15, -0.1) is 0 Å². The van der Waals surface area contributed by atoms with E-state index in [0.717, 1.165) is 11.6 Å². The SMILES string of the molecule is O=C([O-])C=Cc1cccnc1. The number of rotatable bonds is 2. The number of hydrogen-bond donors (Lipinski definition) is 0. The predicted octanol–water partition coefficient (Wildman–Crippen LogP) is -0.155. The van der Waals surface area contributed by atoms with Crippen LogP contribution < -0.4 is 5.11 Å². The lowest BCUT2D eigenvalue weighted by atomic mass is 10.3. The molecule has 3 heteroatoms. The summed E-state index contributed by atoms with van der Waals surface area (Å²) in [6, 6.07) is 3.49. The molecule has 3 nitrogen and oxygen atoms in total. The van der Waals surface area contributed by atoms with Gasteiger partial charge in [-0.1, -0.05) is 12.1 Å². The van der Waals surface area contributed by atoms with E-state index in [1.807, 2.05) is 0 Å². The molecule has 0 radical (unpaired) electrons. The summed E-state index contributed by atoms with van der Waals surface area (Å²) in [7, 11) is 0. The first-order chi connectivity index (χ1) is 5.29. The molecule has 0 atom stereocenters. The lowest BCUT2D eigenvalue weighted by molar-refractivity contribution is -0.297. The molecule has 56 valence electrons. The maximum atomic E-state index is 9.95. The zero-order chi connectivity index (χ0) is 8.10. The Morgan fingerprint density at radius 2 is 2.45 bits per heavy atom. The molecule has 1 heterocycles. The highest BCUT2D eigenvalue weighted by Crippen LogP contribution is 1.96. The molecule has 0 aliphatic carbocycles. The number of carbonyl (C=O) groups excluding carboxylic acids is 1. The first kappa shape index (κ1) is 7.47. The molecular weight excluding hydrogens is 142 g/mol. The van der Waals surface area contributed by atoms with Crippen molar-refractivity contribution in [3.63, 3.8) is 0 Å². The van der Waals surface area contributed by atoms with Crippen molar-refractivity contribution in [1.82, 2.24) is 4.98 Å². The normalized spacial score (nSPS) is 10.2. The topological polar surface area (TPSA) is 53.0 Å². The van der Waals surface area contributed by atoms with Gasteiger partial charge >= 0.3 is 0 Å². The van der Waals surface area contributed by atoms with Crippen LogP contribution in [0.25, 0.3) is 6.08 Å². The van der Waals surface area contributed by atoms with Gasteiger partial charge in [-0.2, -0.15) is 0 Å². The van der Waals surface area contributed by atoms with Gasteiger partial charge in [0.05, 0.1) is 5.97 Å². The number of aliphatic carboxylic acids is 1. The molecule has 1 rings (SSSR count). The molecule has 0 spiro atoms. The fourth-order valence-corrected chi connectivity index (χ4v) is 0.639. The third-order valence-corrected chi connectivity index (χ3v) is 1.10. The van der Waals surface area contributed by atoms with Crippen LogP contribution in [0.15, 0.2) is 30.6 Å². The highest BCUT2D eigenvalue weighted by molar-refractivity contribution is 5.83. The molecule has 0 unspecified atom stereocenters. The molecular formula is C8H6NO2-. The van der Waals surface area contributed by atoms with Gasteiger partial charge in [0.15, 0.2) is 0 Å². The van der Waals surface area contributed by atoms with Crippen molar-refractivity contribution in [2.75, 3.05) is 0 Å². The molecule has 0 saturated carbocycles. The van der Waals surface area contributed by atoms with Crippen LogP contribution in [0, 0.1) is 0 Å². The monoisotopic (exact) mass is 148 g/mol. The highest BCUT2D eigenvalue weighted by Gasteiger charge is 1.81. The van der Waals surface area contributed by atoms with Crippen LogP contribution >= 0.6 is 0 Å². The molecule has 11 heavy (non-hydrogen) atoms. The van der Waals surface area contributed by atoms with Crippen molar-refractivity contribution in [1.29, 1.82) is 0 Å². The zero-order valence-corrected chi connectivity index (χ0v) is 5.73.